The summed E-state index contributed by atoms with van der Waals surface area (Å²) in [5, 5.41) is 15.5. The molecule has 2 atom stereocenters. The van der Waals surface area contributed by atoms with Crippen LogP contribution in [-0.2, 0) is 22.6 Å². The number of carbonyl (C=O) groups excluding carboxylic acids is 2. The van der Waals surface area contributed by atoms with Gasteiger partial charge >= 0.3 is 6.18 Å². The molecule has 17 heteroatoms. The molecular formula is C28H34F7N7O3. The summed E-state index contributed by atoms with van der Waals surface area (Å²) in [6.45, 7) is 1.99. The number of hydrogen-bond donors (Lipinski definition) is 2. The molecule has 3 aromatic heterocycles. The zero-order valence-electron chi connectivity index (χ0n) is 24.4. The molecule has 45 heavy (non-hydrogen) atoms. The maximum Gasteiger partial charge on any atom is 0.408 e. The van der Waals surface area contributed by atoms with Crippen LogP contribution in [-0.4, -0.2) is 61.2 Å². The molecular weight excluding hydrogens is 615 g/mol. The van der Waals surface area contributed by atoms with Crippen LogP contribution in [0.25, 0.3) is 5.65 Å². The molecule has 3 aromatic rings. The lowest BCUT2D eigenvalue weighted by Gasteiger charge is -2.20. The Morgan fingerprint density at radius 3 is 2.24 bits per heavy atom. The number of imidazole rings is 1. The number of amides is 2. The molecule has 7 rings (SSSR count). The summed E-state index contributed by atoms with van der Waals surface area (Å²) in [5.74, 6) is -5.30. The summed E-state index contributed by atoms with van der Waals surface area (Å²) in [5.41, 5.74) is 1.29. The molecule has 0 radical (unpaired) electrons. The number of alkyl halides is 7. The topological polar surface area (TPSA) is 127 Å². The number of carbonyl (C=O) groups is 2. The summed E-state index contributed by atoms with van der Waals surface area (Å²) in [7, 11) is 0. The van der Waals surface area contributed by atoms with Gasteiger partial charge in [0.2, 0.25) is 30.5 Å². The summed E-state index contributed by atoms with van der Waals surface area (Å²) in [4.78, 5) is 26.3. The maximum atomic E-state index is 12.7. The lowest BCUT2D eigenvalue weighted by atomic mass is 9.97. The Morgan fingerprint density at radius 1 is 1.13 bits per heavy atom. The minimum Gasteiger partial charge on any atom is -0.428 e. The molecule has 2 unspecified atom stereocenters. The fraction of sp³-hybridized carbons (Fsp3) is 0.643. The quantitative estimate of drug-likeness (QED) is 0.282. The molecule has 1 saturated heterocycles. The zero-order valence-corrected chi connectivity index (χ0v) is 24.4. The standard InChI is InChI=1S/C14H14F3N5O2.C6H10F2.C5H6F2.C3H4N2O/c15-14(16,17)11-3-9(13(24)21-11)1-8-2-12-20-10(5-18-7-23)6-22(12)19-4-8;7-6(8)4-2-1-3-5-6;6-5(7)3-4(5)1-2-4;1-3-5-4-2-6-3/h2,4,6-7,9,11H,1,3,5H2,(H,18,23)(H,21,24);1-5H2;1-3H2;2H,1H3. The highest BCUT2D eigenvalue weighted by molar-refractivity contribution is 5.81. The van der Waals surface area contributed by atoms with Crippen molar-refractivity contribution in [2.45, 2.75) is 102 Å². The van der Waals surface area contributed by atoms with E-state index in [-0.39, 0.29) is 38.6 Å². The van der Waals surface area contributed by atoms with Crippen LogP contribution in [0.15, 0.2) is 29.3 Å². The van der Waals surface area contributed by atoms with Gasteiger partial charge in [0.1, 0.15) is 6.04 Å². The summed E-state index contributed by atoms with van der Waals surface area (Å²) >= 11 is 0. The number of hydrogen-bond acceptors (Lipinski definition) is 7. The van der Waals surface area contributed by atoms with Gasteiger partial charge in [-0.25, -0.2) is 27.1 Å². The minimum atomic E-state index is -4.43. The van der Waals surface area contributed by atoms with E-state index in [0.717, 1.165) is 19.3 Å². The second-order valence-corrected chi connectivity index (χ2v) is 11.7. The Balaban J connectivity index is 0.000000175. The molecule has 4 fully saturated rings. The van der Waals surface area contributed by atoms with E-state index in [0.29, 0.717) is 42.0 Å². The Kier molecular flexibility index (Phi) is 10.4. The number of halogens is 7. The Bertz CT molecular complexity index is 1420. The van der Waals surface area contributed by atoms with Crippen LogP contribution in [0.2, 0.25) is 0 Å². The van der Waals surface area contributed by atoms with Crippen molar-refractivity contribution in [2.24, 2.45) is 11.3 Å². The number of nitrogens with one attached hydrogen (secondary N) is 2. The molecule has 2 amide bonds. The Morgan fingerprint density at radius 2 is 1.82 bits per heavy atom. The van der Waals surface area contributed by atoms with E-state index >= 15 is 0 Å². The smallest absolute Gasteiger partial charge is 0.408 e. The maximum absolute atomic E-state index is 12.7. The number of aromatic nitrogens is 5. The summed E-state index contributed by atoms with van der Waals surface area (Å²) < 4.78 is 92.5. The number of aryl methyl sites for hydroxylation is 1. The lowest BCUT2D eigenvalue weighted by molar-refractivity contribution is -0.154. The highest BCUT2D eigenvalue weighted by Crippen LogP contribution is 2.75. The second-order valence-electron chi connectivity index (χ2n) is 11.7. The van der Waals surface area contributed by atoms with E-state index in [9.17, 15) is 40.3 Å². The average Bonchev–Trinajstić information content (AvgIpc) is 3.52. The van der Waals surface area contributed by atoms with Gasteiger partial charge in [-0.1, -0.05) is 6.42 Å². The third-order valence-electron chi connectivity index (χ3n) is 8.00. The van der Waals surface area contributed by atoms with Crippen molar-refractivity contribution in [3.63, 3.8) is 0 Å². The second kappa shape index (κ2) is 13.7. The van der Waals surface area contributed by atoms with E-state index in [1.165, 1.54) is 17.1 Å². The molecule has 4 aliphatic rings. The molecule has 3 saturated carbocycles. The van der Waals surface area contributed by atoms with Crippen molar-refractivity contribution < 1.29 is 44.7 Å². The molecule has 2 N–H and O–H groups in total. The van der Waals surface area contributed by atoms with Gasteiger partial charge < -0.3 is 15.1 Å². The van der Waals surface area contributed by atoms with Crippen molar-refractivity contribution >= 4 is 18.0 Å². The van der Waals surface area contributed by atoms with Gasteiger partial charge in [0.15, 0.2) is 5.65 Å². The monoisotopic (exact) mass is 649 g/mol. The van der Waals surface area contributed by atoms with Crippen molar-refractivity contribution in [2.75, 3.05) is 0 Å². The average molecular weight is 650 g/mol. The molecule has 248 valence electrons. The van der Waals surface area contributed by atoms with Crippen LogP contribution < -0.4 is 10.6 Å². The first-order valence-electron chi connectivity index (χ1n) is 14.5. The Labute approximate surface area is 253 Å². The number of fused-ring (bicyclic) bond motifs is 1. The summed E-state index contributed by atoms with van der Waals surface area (Å²) in [6, 6.07) is -0.120. The van der Waals surface area contributed by atoms with E-state index in [2.05, 4.69) is 30.0 Å². The fourth-order valence-electron chi connectivity index (χ4n) is 5.10. The highest BCUT2D eigenvalue weighted by atomic mass is 19.4. The van der Waals surface area contributed by atoms with Crippen molar-refractivity contribution in [1.29, 1.82) is 0 Å². The van der Waals surface area contributed by atoms with Crippen LogP contribution in [0, 0.1) is 18.3 Å². The van der Waals surface area contributed by atoms with E-state index in [1.54, 1.807) is 19.2 Å². The largest absolute Gasteiger partial charge is 0.428 e. The van der Waals surface area contributed by atoms with Crippen LogP contribution in [0.5, 0.6) is 0 Å². The van der Waals surface area contributed by atoms with Crippen molar-refractivity contribution in [3.05, 3.63) is 42.0 Å². The molecule has 1 spiro atoms. The zero-order chi connectivity index (χ0) is 32.9. The van der Waals surface area contributed by atoms with Crippen molar-refractivity contribution in [1.82, 2.24) is 35.4 Å². The van der Waals surface area contributed by atoms with Gasteiger partial charge in [0.25, 0.3) is 5.92 Å². The van der Waals surface area contributed by atoms with E-state index in [1.807, 2.05) is 5.32 Å². The number of rotatable bonds is 5. The first-order chi connectivity index (χ1) is 21.1. The summed E-state index contributed by atoms with van der Waals surface area (Å²) in [6.07, 6.45) is 4.84. The molecule has 10 nitrogen and oxygen atoms in total. The predicted molar refractivity (Wildman–Crippen MR) is 144 cm³/mol. The minimum absolute atomic E-state index is 0.118. The SMILES string of the molecule is Cc1nnco1.FC1(F)CC12CC2.FC1(F)CCCCC1.O=CNCc1cn2ncc(CC3CC(C(F)(F)F)NC3=O)cc2n1. The van der Waals surface area contributed by atoms with Gasteiger partial charge in [-0.3, -0.25) is 9.59 Å². The third kappa shape index (κ3) is 9.60. The third-order valence-corrected chi connectivity index (χ3v) is 8.00. The van der Waals surface area contributed by atoms with E-state index in [4.69, 9.17) is 0 Å². The van der Waals surface area contributed by atoms with Crippen LogP contribution in [0.4, 0.5) is 30.7 Å². The van der Waals surface area contributed by atoms with Gasteiger partial charge in [-0.05, 0) is 50.2 Å². The van der Waals surface area contributed by atoms with Gasteiger partial charge in [0.05, 0.1) is 24.6 Å². The van der Waals surface area contributed by atoms with Crippen LogP contribution in [0.1, 0.15) is 74.9 Å². The molecule has 4 heterocycles. The van der Waals surface area contributed by atoms with Gasteiger partial charge in [0, 0.05) is 37.5 Å². The molecule has 0 aromatic carbocycles. The van der Waals surface area contributed by atoms with Gasteiger partial charge in [-0.2, -0.15) is 18.3 Å². The first kappa shape index (κ1) is 34.1. The number of nitrogens with zero attached hydrogens (tertiary/aromatic N) is 5. The molecule has 1 aliphatic heterocycles. The lowest BCUT2D eigenvalue weighted by Crippen LogP contribution is -2.38. The highest BCUT2D eigenvalue weighted by Gasteiger charge is 2.77. The van der Waals surface area contributed by atoms with Gasteiger partial charge in [-0.15, -0.1) is 10.2 Å². The normalized spacial score (nSPS) is 23.3. The predicted octanol–water partition coefficient (Wildman–Crippen LogP) is 5.35. The Hall–Kier alpha value is -3.79. The molecule has 3 aliphatic carbocycles. The van der Waals surface area contributed by atoms with Crippen LogP contribution >= 0.6 is 0 Å². The molecule has 0 bridgehead atoms. The first-order valence-corrected chi connectivity index (χ1v) is 14.5. The van der Waals surface area contributed by atoms with E-state index < -0.39 is 41.3 Å². The van der Waals surface area contributed by atoms with Crippen molar-refractivity contribution in [3.8, 4) is 0 Å². The fourth-order valence-corrected chi connectivity index (χ4v) is 5.10. The van der Waals surface area contributed by atoms with Crippen LogP contribution in [0.3, 0.4) is 0 Å².